The number of hydrogen-bond acceptors (Lipinski definition) is 7. The van der Waals surface area contributed by atoms with Crippen LogP contribution in [-0.4, -0.2) is 60.0 Å². The van der Waals surface area contributed by atoms with E-state index in [1.165, 1.54) is 6.92 Å². The van der Waals surface area contributed by atoms with E-state index in [0.717, 1.165) is 78.1 Å². The van der Waals surface area contributed by atoms with Gasteiger partial charge in [0, 0.05) is 68.4 Å². The van der Waals surface area contributed by atoms with E-state index in [1.807, 2.05) is 12.3 Å². The summed E-state index contributed by atoms with van der Waals surface area (Å²) in [7, 11) is 0. The number of nitrogens with zero attached hydrogens (tertiary/aromatic N) is 2. The van der Waals surface area contributed by atoms with Crippen molar-refractivity contribution >= 4 is 22.6 Å². The van der Waals surface area contributed by atoms with Crippen LogP contribution in [-0.2, 0) is 31.0 Å². The van der Waals surface area contributed by atoms with Gasteiger partial charge in [-0.1, -0.05) is 0 Å². The fourth-order valence-electron chi connectivity index (χ4n) is 5.64. The second-order valence-electron chi connectivity index (χ2n) is 10.00. The number of H-pyrrole nitrogens is 1. The van der Waals surface area contributed by atoms with Gasteiger partial charge in [0.05, 0.1) is 42.4 Å². The van der Waals surface area contributed by atoms with Crippen LogP contribution in [0.2, 0.25) is 0 Å². The van der Waals surface area contributed by atoms with Crippen LogP contribution >= 0.6 is 0 Å². The van der Waals surface area contributed by atoms with Crippen LogP contribution in [0.5, 0.6) is 5.75 Å². The molecular weight excluding hydrogens is 460 g/mol. The third-order valence-corrected chi connectivity index (χ3v) is 7.62. The molecule has 0 radical (unpaired) electrons. The summed E-state index contributed by atoms with van der Waals surface area (Å²) in [6.07, 6.45) is 7.26. The largest absolute Gasteiger partial charge is 0.490 e. The summed E-state index contributed by atoms with van der Waals surface area (Å²) >= 11 is 0. The number of fused-ring (bicyclic) bond motifs is 3. The summed E-state index contributed by atoms with van der Waals surface area (Å²) in [4.78, 5) is 24.4. The highest BCUT2D eigenvalue weighted by molar-refractivity contribution is 5.97. The second kappa shape index (κ2) is 9.46. The average molecular weight is 493 g/mol. The van der Waals surface area contributed by atoms with E-state index >= 15 is 0 Å². The molecule has 0 saturated carbocycles. The van der Waals surface area contributed by atoms with Gasteiger partial charge in [0.2, 0.25) is 5.91 Å². The summed E-state index contributed by atoms with van der Waals surface area (Å²) in [6, 6.07) is 3.93. The Hall–Kier alpha value is -3.01. The molecular formula is C27H32N4O5. The number of rotatable bonds is 5. The van der Waals surface area contributed by atoms with Gasteiger partial charge in [-0.2, -0.15) is 0 Å². The zero-order valence-corrected chi connectivity index (χ0v) is 20.8. The highest BCUT2D eigenvalue weighted by atomic mass is 16.6. The van der Waals surface area contributed by atoms with E-state index in [0.29, 0.717) is 31.6 Å². The fourth-order valence-corrected chi connectivity index (χ4v) is 5.64. The number of nitrogens with one attached hydrogen (secondary N) is 2. The molecule has 3 aliphatic heterocycles. The number of hydrogen-bond donors (Lipinski definition) is 2. The van der Waals surface area contributed by atoms with Gasteiger partial charge >= 0.3 is 0 Å². The number of pyridine rings is 2. The molecule has 3 aliphatic rings. The Bertz CT molecular complexity index is 1280. The summed E-state index contributed by atoms with van der Waals surface area (Å²) < 4.78 is 24.4. The van der Waals surface area contributed by atoms with E-state index in [9.17, 15) is 4.79 Å². The first kappa shape index (κ1) is 23.4. The fraction of sp³-hybridized carbons (Fsp3) is 0.519. The molecule has 9 nitrogen and oxygen atoms in total. The molecule has 0 aliphatic carbocycles. The number of aromatic amines is 1. The summed E-state index contributed by atoms with van der Waals surface area (Å²) in [5.74, 6) is 1.66. The van der Waals surface area contributed by atoms with Gasteiger partial charge in [-0.15, -0.1) is 0 Å². The Balaban J connectivity index is 1.46. The predicted octanol–water partition coefficient (Wildman–Crippen LogP) is 3.97. The van der Waals surface area contributed by atoms with Crippen molar-refractivity contribution in [1.29, 1.82) is 0 Å². The molecule has 6 rings (SSSR count). The van der Waals surface area contributed by atoms with Crippen molar-refractivity contribution in [2.75, 3.05) is 38.4 Å². The third kappa shape index (κ3) is 4.25. The molecule has 0 aromatic carbocycles. The molecule has 1 spiro atoms. The molecule has 9 heteroatoms. The maximum atomic E-state index is 11.6. The molecule has 36 heavy (non-hydrogen) atoms. The molecule has 2 N–H and O–H groups in total. The molecule has 190 valence electrons. The lowest BCUT2D eigenvalue weighted by Gasteiger charge is -2.36. The molecule has 0 bridgehead atoms. The Labute approximate surface area is 209 Å². The molecule has 2 fully saturated rings. The average Bonchev–Trinajstić information content (AvgIpc) is 3.52. The van der Waals surface area contributed by atoms with Crippen molar-refractivity contribution in [3.8, 4) is 17.0 Å². The van der Waals surface area contributed by atoms with Crippen LogP contribution in [0.4, 0.5) is 5.82 Å². The molecule has 2 saturated heterocycles. The minimum Gasteiger partial charge on any atom is -0.490 e. The number of carbonyl (C=O) groups is 1. The van der Waals surface area contributed by atoms with Crippen molar-refractivity contribution in [2.24, 2.45) is 5.92 Å². The first-order valence-corrected chi connectivity index (χ1v) is 12.8. The Morgan fingerprint density at radius 2 is 2.08 bits per heavy atom. The van der Waals surface area contributed by atoms with Crippen molar-refractivity contribution in [3.05, 3.63) is 35.8 Å². The SMILES string of the molecule is CC(=O)Nc1cc2c(-c3cc(O[C@@H](C)C4CCOCC4)c4c(n3)C3(CCOC3)OCC4)c[nH]c2cn1. The molecule has 6 heterocycles. The predicted molar refractivity (Wildman–Crippen MR) is 134 cm³/mol. The molecule has 1 amide bonds. The minimum atomic E-state index is -0.543. The van der Waals surface area contributed by atoms with Gasteiger partial charge in [-0.25, -0.2) is 9.97 Å². The number of amides is 1. The van der Waals surface area contributed by atoms with Crippen LogP contribution in [0.25, 0.3) is 22.2 Å². The van der Waals surface area contributed by atoms with E-state index in [4.69, 9.17) is 23.9 Å². The minimum absolute atomic E-state index is 0.0606. The van der Waals surface area contributed by atoms with Gasteiger partial charge in [0.15, 0.2) is 0 Å². The maximum Gasteiger partial charge on any atom is 0.222 e. The van der Waals surface area contributed by atoms with Gasteiger partial charge in [-0.05, 0) is 31.7 Å². The summed E-state index contributed by atoms with van der Waals surface area (Å²) in [5, 5.41) is 3.70. The molecule has 3 aromatic rings. The van der Waals surface area contributed by atoms with Crippen molar-refractivity contribution in [3.63, 3.8) is 0 Å². The van der Waals surface area contributed by atoms with E-state index < -0.39 is 5.60 Å². The number of carbonyl (C=O) groups excluding carboxylic acids is 1. The van der Waals surface area contributed by atoms with Gasteiger partial charge < -0.3 is 29.2 Å². The van der Waals surface area contributed by atoms with E-state index in [-0.39, 0.29) is 12.0 Å². The van der Waals surface area contributed by atoms with Crippen LogP contribution in [0, 0.1) is 5.92 Å². The molecule has 2 atom stereocenters. The molecule has 1 unspecified atom stereocenters. The monoisotopic (exact) mass is 492 g/mol. The normalized spacial score (nSPS) is 23.1. The summed E-state index contributed by atoms with van der Waals surface area (Å²) in [5.41, 5.74) is 4.08. The Morgan fingerprint density at radius 1 is 1.22 bits per heavy atom. The van der Waals surface area contributed by atoms with Crippen molar-refractivity contribution in [2.45, 2.75) is 51.2 Å². The number of ether oxygens (including phenoxy) is 4. The zero-order chi connectivity index (χ0) is 24.7. The zero-order valence-electron chi connectivity index (χ0n) is 20.8. The smallest absolute Gasteiger partial charge is 0.222 e. The van der Waals surface area contributed by atoms with Crippen LogP contribution in [0.15, 0.2) is 24.5 Å². The topological polar surface area (TPSA) is 108 Å². The molecule has 3 aromatic heterocycles. The third-order valence-electron chi connectivity index (χ3n) is 7.62. The summed E-state index contributed by atoms with van der Waals surface area (Å²) in [6.45, 7) is 6.97. The Kier molecular flexibility index (Phi) is 6.15. The van der Waals surface area contributed by atoms with Gasteiger partial charge in [0.25, 0.3) is 0 Å². The van der Waals surface area contributed by atoms with Crippen LogP contribution < -0.4 is 10.1 Å². The van der Waals surface area contributed by atoms with Crippen LogP contribution in [0.1, 0.15) is 44.4 Å². The quantitative estimate of drug-likeness (QED) is 0.555. The first-order valence-electron chi connectivity index (χ1n) is 12.8. The number of anilines is 1. The highest BCUT2D eigenvalue weighted by Crippen LogP contribution is 2.44. The standard InChI is InChI=1S/C27H32N4O5/c1-16(18-3-7-33-8-4-18)36-24-12-22(31-26-19(24)5-9-35-27(26)6-10-34-15-27)21-13-28-23-14-29-25(11-20(21)23)30-17(2)32/h11-14,16,18,28H,3-10,15H2,1-2H3,(H,29,30,32)/t16-,27?/m0/s1. The highest BCUT2D eigenvalue weighted by Gasteiger charge is 2.44. The van der Waals surface area contributed by atoms with Crippen molar-refractivity contribution in [1.82, 2.24) is 15.0 Å². The van der Waals surface area contributed by atoms with E-state index in [2.05, 4.69) is 28.3 Å². The first-order chi connectivity index (χ1) is 17.5. The van der Waals surface area contributed by atoms with E-state index in [1.54, 1.807) is 6.20 Å². The lowest BCUT2D eigenvalue weighted by Crippen LogP contribution is -2.38. The number of aromatic nitrogens is 3. The maximum absolute atomic E-state index is 11.6. The van der Waals surface area contributed by atoms with Gasteiger partial charge in [-0.3, -0.25) is 4.79 Å². The van der Waals surface area contributed by atoms with Gasteiger partial charge in [0.1, 0.15) is 17.2 Å². The van der Waals surface area contributed by atoms with Crippen molar-refractivity contribution < 1.29 is 23.7 Å². The lowest BCUT2D eigenvalue weighted by molar-refractivity contribution is -0.114. The second-order valence-corrected chi connectivity index (χ2v) is 10.00. The van der Waals surface area contributed by atoms with Crippen LogP contribution in [0.3, 0.4) is 0 Å². The lowest BCUT2D eigenvalue weighted by atomic mass is 9.88. The Morgan fingerprint density at radius 3 is 2.86 bits per heavy atom.